The maximum atomic E-state index is 4.89. The summed E-state index contributed by atoms with van der Waals surface area (Å²) >= 11 is 0. The van der Waals surface area contributed by atoms with Crippen LogP contribution in [0.15, 0.2) is 54.6 Å². The van der Waals surface area contributed by atoms with E-state index in [1.807, 2.05) is 31.2 Å². The molecule has 150 valence electrons. The summed E-state index contributed by atoms with van der Waals surface area (Å²) in [6.07, 6.45) is 0. The zero-order valence-corrected chi connectivity index (χ0v) is 17.8. The van der Waals surface area contributed by atoms with Crippen molar-refractivity contribution in [3.05, 3.63) is 71.4 Å². The first-order valence-electron chi connectivity index (χ1n) is 10.2. The lowest BCUT2D eigenvalue weighted by atomic mass is 10.1. The molecule has 5 heteroatoms. The molecule has 29 heavy (non-hydrogen) atoms. The second-order valence-electron chi connectivity index (χ2n) is 7.76. The summed E-state index contributed by atoms with van der Waals surface area (Å²) in [6.45, 7) is 10.2. The summed E-state index contributed by atoms with van der Waals surface area (Å²) in [6, 6.07) is 18.9. The van der Waals surface area contributed by atoms with E-state index in [2.05, 4.69) is 65.9 Å². The van der Waals surface area contributed by atoms with Gasteiger partial charge in [-0.3, -0.25) is 0 Å². The fourth-order valence-electron chi connectivity index (χ4n) is 3.86. The van der Waals surface area contributed by atoms with Crippen molar-refractivity contribution >= 4 is 23.1 Å². The van der Waals surface area contributed by atoms with Gasteiger partial charge < -0.3 is 14.7 Å². The number of benzene rings is 2. The molecule has 3 aromatic rings. The third-order valence-corrected chi connectivity index (χ3v) is 5.80. The molecule has 0 N–H and O–H groups in total. The van der Waals surface area contributed by atoms with E-state index in [1.165, 1.54) is 16.8 Å². The van der Waals surface area contributed by atoms with Gasteiger partial charge in [-0.2, -0.15) is 4.98 Å². The van der Waals surface area contributed by atoms with Gasteiger partial charge in [0.05, 0.1) is 0 Å². The Morgan fingerprint density at radius 1 is 0.793 bits per heavy atom. The van der Waals surface area contributed by atoms with E-state index in [1.54, 1.807) is 0 Å². The van der Waals surface area contributed by atoms with Crippen molar-refractivity contribution in [1.29, 1.82) is 0 Å². The zero-order valence-electron chi connectivity index (χ0n) is 17.8. The number of nitrogens with zero attached hydrogens (tertiary/aromatic N) is 5. The smallest absolute Gasteiger partial charge is 0.227 e. The van der Waals surface area contributed by atoms with Gasteiger partial charge in [-0.1, -0.05) is 30.3 Å². The van der Waals surface area contributed by atoms with Crippen molar-refractivity contribution in [2.24, 2.45) is 0 Å². The van der Waals surface area contributed by atoms with Crippen molar-refractivity contribution < 1.29 is 0 Å². The van der Waals surface area contributed by atoms with Gasteiger partial charge in [0, 0.05) is 56.4 Å². The molecule has 1 saturated heterocycles. The molecule has 1 aliphatic heterocycles. The van der Waals surface area contributed by atoms with Crippen LogP contribution in [0.1, 0.15) is 16.8 Å². The molecule has 1 aromatic heterocycles. The van der Waals surface area contributed by atoms with Crippen LogP contribution in [-0.4, -0.2) is 43.2 Å². The Balaban J connectivity index is 1.51. The Labute approximate surface area is 173 Å². The van der Waals surface area contributed by atoms with Gasteiger partial charge in [0.2, 0.25) is 5.95 Å². The maximum absolute atomic E-state index is 4.89. The van der Waals surface area contributed by atoms with Crippen LogP contribution in [0.5, 0.6) is 0 Å². The van der Waals surface area contributed by atoms with Crippen LogP contribution in [-0.2, 0) is 0 Å². The normalized spacial score (nSPS) is 14.2. The first kappa shape index (κ1) is 19.2. The highest BCUT2D eigenvalue weighted by Crippen LogP contribution is 2.27. The lowest BCUT2D eigenvalue weighted by molar-refractivity contribution is 0.638. The van der Waals surface area contributed by atoms with Crippen LogP contribution in [0.3, 0.4) is 0 Å². The Bertz CT molecular complexity index is 978. The highest BCUT2D eigenvalue weighted by Gasteiger charge is 2.21. The van der Waals surface area contributed by atoms with Gasteiger partial charge in [-0.05, 0) is 50.1 Å². The Kier molecular flexibility index (Phi) is 5.38. The molecular weight excluding hydrogens is 358 g/mol. The zero-order chi connectivity index (χ0) is 20.4. The third-order valence-electron chi connectivity index (χ3n) is 5.80. The number of piperazine rings is 1. The van der Waals surface area contributed by atoms with Crippen molar-refractivity contribution in [3.63, 3.8) is 0 Å². The summed E-state index contributed by atoms with van der Waals surface area (Å²) in [7, 11) is 2.05. The SMILES string of the molecule is Cc1cc(N(C)c2ccccc2)nc(N2CCN(c3cccc(C)c3C)CC2)n1. The first-order valence-corrected chi connectivity index (χ1v) is 10.2. The number of para-hydroxylation sites is 1. The second kappa shape index (κ2) is 8.11. The number of hydrogen-bond donors (Lipinski definition) is 0. The van der Waals surface area contributed by atoms with Gasteiger partial charge >= 0.3 is 0 Å². The molecule has 5 nitrogen and oxygen atoms in total. The molecule has 1 aliphatic rings. The molecule has 0 atom stereocenters. The molecule has 2 aromatic carbocycles. The minimum atomic E-state index is 0.823. The number of aryl methyl sites for hydroxylation is 2. The molecule has 0 aliphatic carbocycles. The van der Waals surface area contributed by atoms with Crippen LogP contribution in [0.4, 0.5) is 23.1 Å². The van der Waals surface area contributed by atoms with E-state index in [0.717, 1.165) is 49.3 Å². The maximum Gasteiger partial charge on any atom is 0.227 e. The van der Waals surface area contributed by atoms with Crippen molar-refractivity contribution in [2.75, 3.05) is 47.9 Å². The van der Waals surface area contributed by atoms with E-state index in [-0.39, 0.29) is 0 Å². The van der Waals surface area contributed by atoms with E-state index in [0.29, 0.717) is 0 Å². The van der Waals surface area contributed by atoms with Crippen LogP contribution in [0.2, 0.25) is 0 Å². The molecule has 0 saturated carbocycles. The Morgan fingerprint density at radius 3 is 2.21 bits per heavy atom. The summed E-state index contributed by atoms with van der Waals surface area (Å²) in [5.41, 5.74) is 6.18. The molecule has 0 radical (unpaired) electrons. The van der Waals surface area contributed by atoms with E-state index in [4.69, 9.17) is 9.97 Å². The van der Waals surface area contributed by atoms with Crippen molar-refractivity contribution in [2.45, 2.75) is 20.8 Å². The molecule has 4 rings (SSSR count). The van der Waals surface area contributed by atoms with Gasteiger partial charge in [-0.25, -0.2) is 4.98 Å². The number of hydrogen-bond acceptors (Lipinski definition) is 5. The van der Waals surface area contributed by atoms with Gasteiger partial charge in [0.1, 0.15) is 5.82 Å². The van der Waals surface area contributed by atoms with Crippen molar-refractivity contribution in [3.8, 4) is 0 Å². The minimum Gasteiger partial charge on any atom is -0.368 e. The quantitative estimate of drug-likeness (QED) is 0.659. The molecule has 0 bridgehead atoms. The number of rotatable bonds is 4. The van der Waals surface area contributed by atoms with Crippen LogP contribution in [0, 0.1) is 20.8 Å². The summed E-state index contributed by atoms with van der Waals surface area (Å²) < 4.78 is 0. The third kappa shape index (κ3) is 4.04. The monoisotopic (exact) mass is 387 g/mol. The summed E-state index contributed by atoms with van der Waals surface area (Å²) in [5, 5.41) is 0. The highest BCUT2D eigenvalue weighted by atomic mass is 15.3. The van der Waals surface area contributed by atoms with Gasteiger partial charge in [-0.15, -0.1) is 0 Å². The van der Waals surface area contributed by atoms with Gasteiger partial charge in [0.15, 0.2) is 0 Å². The fourth-order valence-corrected chi connectivity index (χ4v) is 3.86. The first-order chi connectivity index (χ1) is 14.0. The molecule has 1 fully saturated rings. The van der Waals surface area contributed by atoms with E-state index < -0.39 is 0 Å². The molecule has 0 amide bonds. The summed E-state index contributed by atoms with van der Waals surface area (Å²) in [4.78, 5) is 16.5. The fraction of sp³-hybridized carbons (Fsp3) is 0.333. The van der Waals surface area contributed by atoms with E-state index >= 15 is 0 Å². The lowest BCUT2D eigenvalue weighted by Gasteiger charge is -2.37. The topological polar surface area (TPSA) is 35.5 Å². The van der Waals surface area contributed by atoms with Crippen LogP contribution < -0.4 is 14.7 Å². The average molecular weight is 388 g/mol. The molecular formula is C24H29N5. The largest absolute Gasteiger partial charge is 0.368 e. The van der Waals surface area contributed by atoms with Crippen molar-refractivity contribution in [1.82, 2.24) is 9.97 Å². The molecule has 0 spiro atoms. The minimum absolute atomic E-state index is 0.823. The van der Waals surface area contributed by atoms with Crippen LogP contribution in [0.25, 0.3) is 0 Å². The standard InChI is InChI=1S/C24H29N5/c1-18-9-8-12-22(20(18)3)28-13-15-29(16-14-28)24-25-19(2)17-23(26-24)27(4)21-10-6-5-7-11-21/h5-12,17H,13-16H2,1-4H3. The lowest BCUT2D eigenvalue weighted by Crippen LogP contribution is -2.47. The Morgan fingerprint density at radius 2 is 1.48 bits per heavy atom. The molecule has 0 unspecified atom stereocenters. The van der Waals surface area contributed by atoms with Crippen LogP contribution >= 0.6 is 0 Å². The number of aromatic nitrogens is 2. The Hall–Kier alpha value is -3.08. The summed E-state index contributed by atoms with van der Waals surface area (Å²) in [5.74, 6) is 1.75. The van der Waals surface area contributed by atoms with E-state index in [9.17, 15) is 0 Å². The van der Waals surface area contributed by atoms with Gasteiger partial charge in [0.25, 0.3) is 0 Å². The second-order valence-corrected chi connectivity index (χ2v) is 7.76. The average Bonchev–Trinajstić information content (AvgIpc) is 2.75. The molecule has 2 heterocycles. The predicted octanol–water partition coefficient (Wildman–Crippen LogP) is 4.50. The number of anilines is 4. The predicted molar refractivity (Wildman–Crippen MR) is 122 cm³/mol. The highest BCUT2D eigenvalue weighted by molar-refractivity contribution is 5.61.